The molecule has 2 aliphatic rings. The van der Waals surface area contributed by atoms with Crippen LogP contribution in [0.2, 0.25) is 0 Å². The van der Waals surface area contributed by atoms with Crippen molar-refractivity contribution in [2.45, 2.75) is 200 Å². The number of hydrogen-bond acceptors (Lipinski definition) is 20. The smallest absolute Gasteiger partial charge is 0.407 e. The van der Waals surface area contributed by atoms with Crippen molar-refractivity contribution in [3.63, 3.8) is 0 Å². The number of benzene rings is 2. The average molecular weight is 1540 g/mol. The number of thiazole rings is 1. The second kappa shape index (κ2) is 47.2. The van der Waals surface area contributed by atoms with Gasteiger partial charge in [-0.3, -0.25) is 52.8 Å². The molecule has 2 aromatic carbocycles. The van der Waals surface area contributed by atoms with E-state index in [9.17, 15) is 57.5 Å². The van der Waals surface area contributed by atoms with Crippen LogP contribution in [0.25, 0.3) is 0 Å². The third kappa shape index (κ3) is 30.4. The molecule has 1 fully saturated rings. The van der Waals surface area contributed by atoms with Crippen LogP contribution in [0.4, 0.5) is 15.3 Å². The van der Waals surface area contributed by atoms with E-state index < -0.39 is 89.6 Å². The number of carbonyl (C=O) groups excluding carboxylic acids is 12. The standard InChI is InChI=1S/C77H117N13O18S/c1-13-51(6)67(59(103-11)47-64(95)89-38-21-25-58(89)68(104-12)52(7)69(96)84-57(72-79-36-45-109-72)46-53-22-16-14-17-23-53)88(10)73(99)66(50(4)5)86-74(100)77(8,9)87-61(92)33-39-105-41-43-107-44-42-106-40-35-81-76(102)108-48-54-27-29-55(30-28-54)82-70(97)56(24-20-34-80-75(78)101)83-71(98)65(49(2)3)85-60(91)26-18-15-19-37-90-62(93)31-32-63(90)94/h14,16-17,22-23,27-32,36,45,49-52,56-59,65-68H,13,15,18-21,24-26,33-35,37-44,46-48H2,1-12H3,(H,81,102)(H,82,97)(H,83,98)(H,84,96)(H,85,91)(H,86,100)(H,87,92)(H3,78,80,101). The molecule has 604 valence electrons. The first-order valence-corrected chi connectivity index (χ1v) is 38.6. The number of likely N-dealkylation sites (tertiary alicyclic amines) is 1. The number of nitrogens with one attached hydrogen (secondary N) is 8. The van der Waals surface area contributed by atoms with Gasteiger partial charge in [0.05, 0.1) is 82.3 Å². The number of nitrogens with zero attached hydrogens (tertiary/aromatic N) is 4. The van der Waals surface area contributed by atoms with Gasteiger partial charge in [-0.2, -0.15) is 0 Å². The van der Waals surface area contributed by atoms with Gasteiger partial charge in [0.2, 0.25) is 47.3 Å². The predicted molar refractivity (Wildman–Crippen MR) is 408 cm³/mol. The molecule has 5 rings (SSSR count). The normalized spacial score (nSPS) is 16.1. The first-order chi connectivity index (χ1) is 52.0. The number of methoxy groups -OCH3 is 2. The van der Waals surface area contributed by atoms with Crippen LogP contribution < -0.4 is 48.3 Å². The molecule has 10 N–H and O–H groups in total. The Morgan fingerprint density at radius 2 is 1.37 bits per heavy atom. The molecule has 109 heavy (non-hydrogen) atoms. The van der Waals surface area contributed by atoms with E-state index in [0.29, 0.717) is 62.7 Å². The molecule has 3 aromatic rings. The number of alkyl carbamates (subject to hydrolysis) is 1. The van der Waals surface area contributed by atoms with Gasteiger partial charge >= 0.3 is 12.1 Å². The highest BCUT2D eigenvalue weighted by molar-refractivity contribution is 7.09. The van der Waals surface area contributed by atoms with E-state index in [0.717, 1.165) is 15.5 Å². The maximum Gasteiger partial charge on any atom is 0.407 e. The Morgan fingerprint density at radius 1 is 0.706 bits per heavy atom. The largest absolute Gasteiger partial charge is 0.445 e. The van der Waals surface area contributed by atoms with Gasteiger partial charge in [0.1, 0.15) is 35.3 Å². The number of primary amides is 1. The Labute approximate surface area is 644 Å². The zero-order valence-corrected chi connectivity index (χ0v) is 66.1. The van der Waals surface area contributed by atoms with E-state index in [-0.39, 0.29) is 157 Å². The van der Waals surface area contributed by atoms with Crippen molar-refractivity contribution in [2.24, 2.45) is 29.4 Å². The van der Waals surface area contributed by atoms with Crippen molar-refractivity contribution in [3.8, 4) is 0 Å². The summed E-state index contributed by atoms with van der Waals surface area (Å²) in [6.07, 6.45) is 6.55. The Kier molecular flexibility index (Phi) is 39.3. The molecular formula is C77H117N13O18S. The van der Waals surface area contributed by atoms with Gasteiger partial charge < -0.3 is 86.5 Å². The maximum absolute atomic E-state index is 14.7. The highest BCUT2D eigenvalue weighted by Gasteiger charge is 2.44. The Balaban J connectivity index is 0.964. The summed E-state index contributed by atoms with van der Waals surface area (Å²) in [7, 11) is 4.74. The number of amides is 13. The fourth-order valence-electron chi connectivity index (χ4n) is 12.8. The number of rotatable bonds is 50. The van der Waals surface area contributed by atoms with Gasteiger partial charge in [0.25, 0.3) is 11.8 Å². The molecule has 2 aliphatic heterocycles. The quantitative estimate of drug-likeness (QED) is 0.0253. The summed E-state index contributed by atoms with van der Waals surface area (Å²) >= 11 is 1.47. The number of nitrogens with two attached hydrogens (primary N) is 1. The van der Waals surface area contributed by atoms with Crippen LogP contribution in [0.3, 0.4) is 0 Å². The first-order valence-electron chi connectivity index (χ1n) is 37.7. The van der Waals surface area contributed by atoms with Crippen LogP contribution >= 0.6 is 11.3 Å². The van der Waals surface area contributed by atoms with Crippen molar-refractivity contribution in [2.75, 3.05) is 92.4 Å². The molecule has 31 nitrogen and oxygen atoms in total. The van der Waals surface area contributed by atoms with Crippen molar-refractivity contribution in [1.82, 2.24) is 56.9 Å². The van der Waals surface area contributed by atoms with Crippen LogP contribution in [0.5, 0.6) is 0 Å². The number of urea groups is 1. The number of ether oxygens (including phenoxy) is 6. The monoisotopic (exact) mass is 1540 g/mol. The number of unbranched alkanes of at least 4 members (excludes halogenated alkanes) is 2. The molecule has 0 aliphatic carbocycles. The highest BCUT2D eigenvalue weighted by Crippen LogP contribution is 2.31. The molecule has 0 bridgehead atoms. The molecule has 1 saturated heterocycles. The fraction of sp³-hybridized carbons (Fsp3) is 0.623. The van der Waals surface area contributed by atoms with Gasteiger partial charge in [-0.1, -0.05) is 104 Å². The molecule has 10 atom stereocenters. The second-order valence-corrected chi connectivity index (χ2v) is 29.5. The second-order valence-electron chi connectivity index (χ2n) is 28.6. The van der Waals surface area contributed by atoms with Crippen molar-refractivity contribution >= 4 is 88.2 Å². The molecule has 1 aromatic heterocycles. The lowest BCUT2D eigenvalue weighted by atomic mass is 9.89. The Morgan fingerprint density at radius 3 is 1.98 bits per heavy atom. The van der Waals surface area contributed by atoms with Gasteiger partial charge in [0.15, 0.2) is 0 Å². The van der Waals surface area contributed by atoms with Gasteiger partial charge in [-0.05, 0) is 99.8 Å². The molecule has 0 spiro atoms. The lowest BCUT2D eigenvalue weighted by molar-refractivity contribution is -0.148. The molecular weight excluding hydrogens is 1430 g/mol. The van der Waals surface area contributed by atoms with Gasteiger partial charge in [-0.25, -0.2) is 14.6 Å². The van der Waals surface area contributed by atoms with Gasteiger partial charge in [-0.15, -0.1) is 11.3 Å². The SMILES string of the molecule is CCC(C)C(C(CC(=O)N1CCCC1C(OC)C(C)C(=O)NC(Cc1ccccc1)c1nccs1)OC)N(C)C(=O)C(NC(=O)C(C)(C)NC(=O)CCOCCOCCOCCNC(=O)OCc1ccc(NC(=O)C(CCCNC(N)=O)NC(=O)C(NC(=O)CCCCCN2C(=O)C=CC2=O)C(C)C)cc1)C(C)C. The van der Waals surface area contributed by atoms with E-state index >= 15 is 0 Å². The number of anilines is 1. The van der Waals surface area contributed by atoms with Crippen LogP contribution in [0.1, 0.15) is 155 Å². The summed E-state index contributed by atoms with van der Waals surface area (Å²) in [6, 6.07) is 11.2. The third-order valence-electron chi connectivity index (χ3n) is 19.2. The van der Waals surface area contributed by atoms with Crippen LogP contribution in [0.15, 0.2) is 78.3 Å². The Hall–Kier alpha value is -8.95. The van der Waals surface area contributed by atoms with E-state index in [1.54, 1.807) is 82.1 Å². The molecule has 0 saturated carbocycles. The Bertz CT molecular complexity index is 3420. The van der Waals surface area contributed by atoms with Crippen LogP contribution in [-0.4, -0.2) is 226 Å². The summed E-state index contributed by atoms with van der Waals surface area (Å²) in [4.78, 5) is 167. The summed E-state index contributed by atoms with van der Waals surface area (Å²) in [5, 5.41) is 24.9. The van der Waals surface area contributed by atoms with E-state index in [2.05, 4.69) is 47.5 Å². The molecule has 0 radical (unpaired) electrons. The van der Waals surface area contributed by atoms with Gasteiger partial charge in [0, 0.05) is 89.7 Å². The first kappa shape index (κ1) is 90.7. The third-order valence-corrected chi connectivity index (χ3v) is 20.1. The zero-order chi connectivity index (χ0) is 80.2. The van der Waals surface area contributed by atoms with Crippen molar-refractivity contribution in [1.29, 1.82) is 0 Å². The molecule has 3 heterocycles. The van der Waals surface area contributed by atoms with Crippen molar-refractivity contribution < 1.29 is 86.0 Å². The number of hydrogen-bond donors (Lipinski definition) is 9. The topological polar surface area (TPSA) is 405 Å². The molecule has 10 unspecified atom stereocenters. The van der Waals surface area contributed by atoms with E-state index in [1.807, 2.05) is 70.3 Å². The van der Waals surface area contributed by atoms with E-state index in [4.69, 9.17) is 34.2 Å². The predicted octanol–water partition coefficient (Wildman–Crippen LogP) is 5.36. The number of imide groups is 1. The fourth-order valence-corrected chi connectivity index (χ4v) is 13.5. The summed E-state index contributed by atoms with van der Waals surface area (Å²) < 4.78 is 34.2. The number of likely N-dealkylation sites (N-methyl/N-ethyl adjacent to an activating group) is 1. The van der Waals surface area contributed by atoms with Crippen LogP contribution in [-0.2, 0) is 89.4 Å². The summed E-state index contributed by atoms with van der Waals surface area (Å²) in [5.41, 5.74) is 5.82. The minimum absolute atomic E-state index is 0.0363. The van der Waals surface area contributed by atoms with Crippen molar-refractivity contribution in [3.05, 3.63) is 94.5 Å². The summed E-state index contributed by atoms with van der Waals surface area (Å²) in [5.74, 6) is -5.58. The molecule has 32 heteroatoms. The van der Waals surface area contributed by atoms with Crippen LogP contribution in [0, 0.1) is 23.7 Å². The average Bonchev–Trinajstić information content (AvgIpc) is 1.79. The lowest BCUT2D eigenvalue weighted by Crippen LogP contribution is -2.62. The van der Waals surface area contributed by atoms with E-state index in [1.165, 1.54) is 30.6 Å². The zero-order valence-electron chi connectivity index (χ0n) is 65.3. The molecule has 13 amide bonds. The highest BCUT2D eigenvalue weighted by atomic mass is 32.1. The number of carbonyl (C=O) groups is 12. The summed E-state index contributed by atoms with van der Waals surface area (Å²) in [6.45, 7) is 17.9. The lowest BCUT2D eigenvalue weighted by Gasteiger charge is -2.41. The minimum atomic E-state index is -1.43. The maximum atomic E-state index is 14.7. The minimum Gasteiger partial charge on any atom is -0.445 e. The number of aromatic nitrogens is 1.